The van der Waals surface area contributed by atoms with E-state index in [1.807, 2.05) is 24.3 Å². The van der Waals surface area contributed by atoms with Gasteiger partial charge < -0.3 is 14.8 Å². The summed E-state index contributed by atoms with van der Waals surface area (Å²) in [6.07, 6.45) is 4.18. The number of benzene rings is 1. The number of rotatable bonds is 5. The van der Waals surface area contributed by atoms with Gasteiger partial charge in [0.25, 0.3) is 0 Å². The maximum Gasteiger partial charge on any atom is 0.329 e. The molecule has 1 fully saturated rings. The Labute approximate surface area is 131 Å². The summed E-state index contributed by atoms with van der Waals surface area (Å²) in [4.78, 5) is 24.4. The summed E-state index contributed by atoms with van der Waals surface area (Å²) in [5.41, 5.74) is 0.772. The van der Waals surface area contributed by atoms with E-state index < -0.39 is 12.0 Å². The van der Waals surface area contributed by atoms with Gasteiger partial charge in [-0.2, -0.15) is 0 Å². The zero-order chi connectivity index (χ0) is 15.9. The molecule has 0 bridgehead atoms. The van der Waals surface area contributed by atoms with E-state index >= 15 is 0 Å². The van der Waals surface area contributed by atoms with Gasteiger partial charge in [0.05, 0.1) is 14.2 Å². The number of hydrogen-bond acceptors (Lipinski definition) is 5. The molecule has 1 N–H and O–H groups in total. The molecular weight excluding hydrogens is 282 g/mol. The molecule has 0 spiro atoms. The maximum absolute atomic E-state index is 12.3. The molecule has 0 saturated heterocycles. The van der Waals surface area contributed by atoms with Gasteiger partial charge in [0.2, 0.25) is 0 Å². The molecule has 0 radical (unpaired) electrons. The third-order valence-corrected chi connectivity index (χ3v) is 4.12. The number of nitrogens with one attached hydrogen (secondary N) is 1. The van der Waals surface area contributed by atoms with Crippen molar-refractivity contribution in [1.29, 1.82) is 0 Å². The molecule has 2 atom stereocenters. The van der Waals surface area contributed by atoms with Gasteiger partial charge in [-0.1, -0.05) is 12.8 Å². The van der Waals surface area contributed by atoms with Crippen LogP contribution in [0.4, 0.5) is 5.69 Å². The van der Waals surface area contributed by atoms with Gasteiger partial charge >= 0.3 is 5.97 Å². The van der Waals surface area contributed by atoms with Gasteiger partial charge in [-0.25, -0.2) is 4.79 Å². The Morgan fingerprint density at radius 2 is 1.91 bits per heavy atom. The van der Waals surface area contributed by atoms with Crippen LogP contribution < -0.4 is 10.1 Å². The predicted molar refractivity (Wildman–Crippen MR) is 84.0 cm³/mol. The molecule has 0 aromatic heterocycles. The minimum Gasteiger partial charge on any atom is -0.497 e. The summed E-state index contributed by atoms with van der Waals surface area (Å²) < 4.78 is 10.0. The Morgan fingerprint density at radius 3 is 2.55 bits per heavy atom. The van der Waals surface area contributed by atoms with Crippen LogP contribution in [0.5, 0.6) is 5.75 Å². The lowest BCUT2D eigenvalue weighted by Crippen LogP contribution is -2.41. The van der Waals surface area contributed by atoms with Crippen molar-refractivity contribution >= 4 is 17.4 Å². The minimum absolute atomic E-state index is 0.147. The van der Waals surface area contributed by atoms with Gasteiger partial charge in [0, 0.05) is 18.0 Å². The van der Waals surface area contributed by atoms with Crippen LogP contribution in [-0.2, 0) is 14.3 Å². The number of ketones is 1. The summed E-state index contributed by atoms with van der Waals surface area (Å²) in [5, 5.41) is 3.16. The number of ether oxygens (including phenoxy) is 2. The van der Waals surface area contributed by atoms with Crippen LogP contribution in [0.1, 0.15) is 32.1 Å². The Hall–Kier alpha value is -2.04. The molecule has 2 rings (SSSR count). The second-order valence-electron chi connectivity index (χ2n) is 5.55. The number of methoxy groups -OCH3 is 2. The summed E-state index contributed by atoms with van der Waals surface area (Å²) in [6, 6.07) is 6.65. The SMILES string of the molecule is COC(=O)[C@H](Nc1ccc(OC)cc1)[C@@H]1CCCCCC1=O. The molecule has 0 heterocycles. The standard InChI is InChI=1S/C17H23NO4/c1-21-13-10-8-12(9-11-13)18-16(17(20)22-2)14-6-4-3-5-7-15(14)19/h8-11,14,16,18H,3-7H2,1-2H3/t14-,16-/m1/s1. The van der Waals surface area contributed by atoms with E-state index in [0.717, 1.165) is 37.1 Å². The molecule has 0 aliphatic heterocycles. The lowest BCUT2D eigenvalue weighted by Gasteiger charge is -2.25. The van der Waals surface area contributed by atoms with Crippen molar-refractivity contribution in [3.05, 3.63) is 24.3 Å². The fourth-order valence-corrected chi connectivity index (χ4v) is 2.86. The Kier molecular flexibility index (Phi) is 5.81. The van der Waals surface area contributed by atoms with Crippen LogP contribution in [0.25, 0.3) is 0 Å². The highest BCUT2D eigenvalue weighted by Gasteiger charge is 2.34. The van der Waals surface area contributed by atoms with Gasteiger partial charge in [-0.3, -0.25) is 4.79 Å². The van der Waals surface area contributed by atoms with Crippen molar-refractivity contribution in [1.82, 2.24) is 0 Å². The topological polar surface area (TPSA) is 64.6 Å². The second kappa shape index (κ2) is 7.82. The van der Waals surface area contributed by atoms with Crippen LogP contribution in [-0.4, -0.2) is 32.0 Å². The highest BCUT2D eigenvalue weighted by Crippen LogP contribution is 2.26. The predicted octanol–water partition coefficient (Wildman–Crippen LogP) is 2.80. The number of carbonyl (C=O) groups is 2. The quantitative estimate of drug-likeness (QED) is 0.669. The molecule has 0 unspecified atom stereocenters. The smallest absolute Gasteiger partial charge is 0.329 e. The molecule has 1 saturated carbocycles. The summed E-state index contributed by atoms with van der Waals surface area (Å²) in [6.45, 7) is 0. The summed E-state index contributed by atoms with van der Waals surface area (Å²) >= 11 is 0. The summed E-state index contributed by atoms with van der Waals surface area (Å²) in [7, 11) is 2.95. The fraction of sp³-hybridized carbons (Fsp3) is 0.529. The molecule has 5 nitrogen and oxygen atoms in total. The van der Waals surface area contributed by atoms with Crippen LogP contribution in [0.3, 0.4) is 0 Å². The monoisotopic (exact) mass is 305 g/mol. The van der Waals surface area contributed by atoms with Crippen molar-refractivity contribution in [3.63, 3.8) is 0 Å². The summed E-state index contributed by atoms with van der Waals surface area (Å²) in [5.74, 6) is 0.174. The highest BCUT2D eigenvalue weighted by molar-refractivity contribution is 5.90. The molecule has 1 aliphatic rings. The molecule has 120 valence electrons. The molecule has 1 aromatic carbocycles. The van der Waals surface area contributed by atoms with Gasteiger partial charge in [0.1, 0.15) is 17.6 Å². The fourth-order valence-electron chi connectivity index (χ4n) is 2.86. The zero-order valence-electron chi connectivity index (χ0n) is 13.1. The van der Waals surface area contributed by atoms with E-state index in [9.17, 15) is 9.59 Å². The second-order valence-corrected chi connectivity index (χ2v) is 5.55. The van der Waals surface area contributed by atoms with Gasteiger partial charge in [-0.05, 0) is 37.1 Å². The molecular formula is C17H23NO4. The van der Waals surface area contributed by atoms with E-state index in [1.165, 1.54) is 7.11 Å². The average Bonchev–Trinajstić information content (AvgIpc) is 2.77. The van der Waals surface area contributed by atoms with Crippen molar-refractivity contribution in [2.75, 3.05) is 19.5 Å². The van der Waals surface area contributed by atoms with Crippen molar-refractivity contribution in [2.45, 2.75) is 38.1 Å². The first-order valence-electron chi connectivity index (χ1n) is 7.67. The molecule has 1 aliphatic carbocycles. The number of hydrogen-bond donors (Lipinski definition) is 1. The minimum atomic E-state index is -0.635. The Morgan fingerprint density at radius 1 is 1.18 bits per heavy atom. The average molecular weight is 305 g/mol. The molecule has 1 aromatic rings. The Bertz CT molecular complexity index is 512. The van der Waals surface area contributed by atoms with E-state index in [4.69, 9.17) is 9.47 Å². The van der Waals surface area contributed by atoms with Crippen molar-refractivity contribution in [2.24, 2.45) is 5.92 Å². The molecule has 5 heteroatoms. The first kappa shape index (κ1) is 16.3. The normalized spacial score (nSPS) is 19.9. The number of anilines is 1. The highest BCUT2D eigenvalue weighted by atomic mass is 16.5. The van der Waals surface area contributed by atoms with Crippen LogP contribution in [0, 0.1) is 5.92 Å². The largest absolute Gasteiger partial charge is 0.497 e. The molecule has 0 amide bonds. The maximum atomic E-state index is 12.3. The lowest BCUT2D eigenvalue weighted by molar-refractivity contribution is -0.145. The third-order valence-electron chi connectivity index (χ3n) is 4.12. The number of esters is 1. The zero-order valence-corrected chi connectivity index (χ0v) is 13.1. The number of carbonyl (C=O) groups excluding carboxylic acids is 2. The first-order valence-corrected chi connectivity index (χ1v) is 7.67. The molecule has 22 heavy (non-hydrogen) atoms. The van der Waals surface area contributed by atoms with E-state index in [-0.39, 0.29) is 11.7 Å². The number of Topliss-reactive ketones (excluding diaryl/α,β-unsaturated/α-hetero) is 1. The van der Waals surface area contributed by atoms with E-state index in [1.54, 1.807) is 7.11 Å². The van der Waals surface area contributed by atoms with E-state index in [2.05, 4.69) is 5.32 Å². The van der Waals surface area contributed by atoms with Crippen LogP contribution >= 0.6 is 0 Å². The third kappa shape index (κ3) is 4.00. The van der Waals surface area contributed by atoms with Crippen LogP contribution in [0.2, 0.25) is 0 Å². The first-order chi connectivity index (χ1) is 10.7. The van der Waals surface area contributed by atoms with Crippen LogP contribution in [0.15, 0.2) is 24.3 Å². The van der Waals surface area contributed by atoms with Gasteiger partial charge in [-0.15, -0.1) is 0 Å². The van der Waals surface area contributed by atoms with E-state index in [0.29, 0.717) is 6.42 Å². The Balaban J connectivity index is 2.17. The lowest BCUT2D eigenvalue weighted by atomic mass is 9.90. The van der Waals surface area contributed by atoms with Crippen molar-refractivity contribution < 1.29 is 19.1 Å². The van der Waals surface area contributed by atoms with Gasteiger partial charge in [0.15, 0.2) is 0 Å². The van der Waals surface area contributed by atoms with Crippen molar-refractivity contribution in [3.8, 4) is 5.75 Å².